The Morgan fingerprint density at radius 2 is 2.04 bits per heavy atom. The minimum atomic E-state index is -2.37. The van der Waals surface area contributed by atoms with Gasteiger partial charge in [0.1, 0.15) is 18.2 Å². The molecule has 0 aliphatic rings. The summed E-state index contributed by atoms with van der Waals surface area (Å²) in [6, 6.07) is 9.22. The van der Waals surface area contributed by atoms with Crippen molar-refractivity contribution in [2.75, 3.05) is 0 Å². The van der Waals surface area contributed by atoms with Crippen LogP contribution < -0.4 is 4.57 Å². The van der Waals surface area contributed by atoms with Crippen LogP contribution in [-0.2, 0) is 7.05 Å². The van der Waals surface area contributed by atoms with Crippen LogP contribution in [0, 0.1) is 27.3 Å². The predicted octanol–water partition coefficient (Wildman–Crippen LogP) is 5.55. The Hall–Kier alpha value is -3.12. The van der Waals surface area contributed by atoms with Gasteiger partial charge in [-0.3, -0.25) is 0 Å². The zero-order valence-corrected chi connectivity index (χ0v) is 14.3. The largest absolute Gasteiger partial charge is 0.456 e. The lowest BCUT2D eigenvalue weighted by Gasteiger charge is -2.06. The summed E-state index contributed by atoms with van der Waals surface area (Å²) in [5.74, 6) is 0. The summed E-state index contributed by atoms with van der Waals surface area (Å²) < 4.78 is 39.9. The number of hydrogen-bond donors (Lipinski definition) is 0. The number of aromatic nitrogens is 1. The standard InChI is InChI=1S/C22H19N2O/c1-13-8-9-24(5)18(10-13)21-14(2)6-7-17-20-15(3)11-16(23-4)12-19(20)25-22(17)21/h6-12H,1-3,5H3/q+1/i3D3,8D. The topological polar surface area (TPSA) is 21.4 Å². The highest BCUT2D eigenvalue weighted by Crippen LogP contribution is 2.39. The Bertz CT molecular complexity index is 1340. The molecular formula is C22H19N2O+. The molecule has 0 fully saturated rings. The highest BCUT2D eigenvalue weighted by molar-refractivity contribution is 6.11. The second-order valence-electron chi connectivity index (χ2n) is 6.31. The van der Waals surface area contributed by atoms with Crippen LogP contribution in [0.15, 0.2) is 47.0 Å². The SMILES string of the molecule is [2H]c1c[n+](C)c(-c2c(C)ccc3c2oc2cc([N+]#[C-])cc(C([2H])([2H])[2H])c23)cc1C. The highest BCUT2D eigenvalue weighted by Gasteiger charge is 2.21. The molecule has 0 spiro atoms. The van der Waals surface area contributed by atoms with Crippen LogP contribution in [0.2, 0.25) is 0 Å². The first kappa shape index (κ1) is 11.4. The Labute approximate surface area is 152 Å². The maximum atomic E-state index is 8.03. The van der Waals surface area contributed by atoms with E-state index in [1.165, 1.54) is 6.07 Å². The van der Waals surface area contributed by atoms with E-state index < -0.39 is 6.85 Å². The number of fused-ring (bicyclic) bond motifs is 3. The first-order chi connectivity index (χ1) is 13.6. The van der Waals surface area contributed by atoms with Gasteiger partial charge in [-0.05, 0) is 43.5 Å². The zero-order chi connectivity index (χ0) is 21.1. The summed E-state index contributed by atoms with van der Waals surface area (Å²) in [6.07, 6.45) is 1.75. The molecule has 25 heavy (non-hydrogen) atoms. The molecule has 0 bridgehead atoms. The van der Waals surface area contributed by atoms with Crippen LogP contribution in [0.4, 0.5) is 5.69 Å². The first-order valence-electron chi connectivity index (χ1n) is 9.97. The van der Waals surface area contributed by atoms with Gasteiger partial charge in [-0.2, -0.15) is 0 Å². The van der Waals surface area contributed by atoms with Crippen molar-refractivity contribution in [3.8, 4) is 11.3 Å². The molecule has 0 atom stereocenters. The van der Waals surface area contributed by atoms with Gasteiger partial charge in [0.15, 0.2) is 11.9 Å². The molecule has 3 nitrogen and oxygen atoms in total. The average molecular weight is 331 g/mol. The molecule has 4 rings (SSSR count). The lowest BCUT2D eigenvalue weighted by molar-refractivity contribution is -0.660. The molecule has 3 heteroatoms. The molecule has 0 amide bonds. The second kappa shape index (κ2) is 5.46. The van der Waals surface area contributed by atoms with E-state index in [1.54, 1.807) is 12.3 Å². The average Bonchev–Trinajstić information content (AvgIpc) is 3.01. The third kappa shape index (κ3) is 2.30. The van der Waals surface area contributed by atoms with Gasteiger partial charge in [0.25, 0.3) is 0 Å². The predicted molar refractivity (Wildman–Crippen MR) is 101 cm³/mol. The summed E-state index contributed by atoms with van der Waals surface area (Å²) in [6.45, 7) is 8.81. The quantitative estimate of drug-likeness (QED) is 0.331. The molecule has 2 aromatic carbocycles. The number of nitrogens with zero attached hydrogens (tertiary/aromatic N) is 2. The fraction of sp³-hybridized carbons (Fsp3) is 0.182. The van der Waals surface area contributed by atoms with Crippen LogP contribution >= 0.6 is 0 Å². The van der Waals surface area contributed by atoms with Crippen molar-refractivity contribution in [2.24, 2.45) is 7.05 Å². The molecular weight excluding hydrogens is 308 g/mol. The molecule has 0 saturated heterocycles. The molecule has 2 aromatic heterocycles. The van der Waals surface area contributed by atoms with Crippen LogP contribution in [0.5, 0.6) is 0 Å². The van der Waals surface area contributed by atoms with E-state index in [0.29, 0.717) is 28.0 Å². The maximum absolute atomic E-state index is 8.03. The summed E-state index contributed by atoms with van der Waals surface area (Å²) >= 11 is 0. The lowest BCUT2D eigenvalue weighted by atomic mass is 9.98. The van der Waals surface area contributed by atoms with Gasteiger partial charge in [0.2, 0.25) is 5.69 Å². The van der Waals surface area contributed by atoms with Crippen molar-refractivity contribution in [3.05, 3.63) is 70.7 Å². The lowest BCUT2D eigenvalue weighted by Crippen LogP contribution is -2.30. The molecule has 0 N–H and O–H groups in total. The Kier molecular flexibility index (Phi) is 2.50. The first-order valence-corrected chi connectivity index (χ1v) is 7.97. The third-order valence-corrected chi connectivity index (χ3v) is 4.54. The molecule has 0 radical (unpaired) electrons. The van der Waals surface area contributed by atoms with Crippen molar-refractivity contribution < 1.29 is 14.5 Å². The molecule has 2 heterocycles. The van der Waals surface area contributed by atoms with Crippen molar-refractivity contribution >= 4 is 27.6 Å². The maximum Gasteiger partial charge on any atom is 0.216 e. The monoisotopic (exact) mass is 331 g/mol. The molecule has 0 aliphatic heterocycles. The van der Waals surface area contributed by atoms with Gasteiger partial charge in [-0.15, -0.1) is 0 Å². The number of rotatable bonds is 1. The zero-order valence-electron chi connectivity index (χ0n) is 18.3. The molecule has 4 aromatic rings. The van der Waals surface area contributed by atoms with Gasteiger partial charge in [-0.1, -0.05) is 18.2 Å². The van der Waals surface area contributed by atoms with Gasteiger partial charge >= 0.3 is 0 Å². The Morgan fingerprint density at radius 1 is 1.20 bits per heavy atom. The summed E-state index contributed by atoms with van der Waals surface area (Å²) in [7, 11) is 1.87. The molecule has 122 valence electrons. The Balaban J connectivity index is 2.18. The van der Waals surface area contributed by atoms with Gasteiger partial charge < -0.3 is 4.42 Å². The molecule has 0 saturated carbocycles. The highest BCUT2D eigenvalue weighted by atomic mass is 16.3. The molecule has 0 aliphatic carbocycles. The van der Waals surface area contributed by atoms with Crippen molar-refractivity contribution in [1.29, 1.82) is 0 Å². The fourth-order valence-corrected chi connectivity index (χ4v) is 3.30. The number of pyridine rings is 1. The van der Waals surface area contributed by atoms with E-state index in [4.69, 9.17) is 16.5 Å². The van der Waals surface area contributed by atoms with Crippen LogP contribution in [0.1, 0.15) is 22.2 Å². The number of furan rings is 1. The van der Waals surface area contributed by atoms with E-state index >= 15 is 0 Å². The van der Waals surface area contributed by atoms with Crippen molar-refractivity contribution in [1.82, 2.24) is 0 Å². The van der Waals surface area contributed by atoms with Gasteiger partial charge in [0.05, 0.1) is 13.5 Å². The normalized spacial score (nSPS) is 14.0. The third-order valence-electron chi connectivity index (χ3n) is 4.54. The minimum absolute atomic E-state index is 0.122. The summed E-state index contributed by atoms with van der Waals surface area (Å²) in [4.78, 5) is 3.41. The Morgan fingerprint density at radius 3 is 2.80 bits per heavy atom. The summed E-state index contributed by atoms with van der Waals surface area (Å²) in [5, 5.41) is 1.22. The number of benzene rings is 2. The van der Waals surface area contributed by atoms with Gasteiger partial charge in [-0.25, -0.2) is 9.41 Å². The fourth-order valence-electron chi connectivity index (χ4n) is 3.30. The van der Waals surface area contributed by atoms with E-state index in [9.17, 15) is 0 Å². The van der Waals surface area contributed by atoms with E-state index in [-0.39, 0.29) is 11.3 Å². The van der Waals surface area contributed by atoms with Crippen LogP contribution in [0.3, 0.4) is 0 Å². The van der Waals surface area contributed by atoms with Crippen molar-refractivity contribution in [2.45, 2.75) is 20.7 Å². The second-order valence-corrected chi connectivity index (χ2v) is 6.31. The minimum Gasteiger partial charge on any atom is -0.456 e. The van der Waals surface area contributed by atoms with Crippen molar-refractivity contribution in [3.63, 3.8) is 0 Å². The summed E-state index contributed by atoms with van der Waals surface area (Å²) in [5.41, 5.74) is 4.88. The van der Waals surface area contributed by atoms with Crippen LogP contribution in [0.25, 0.3) is 38.0 Å². The van der Waals surface area contributed by atoms with E-state index in [1.807, 2.05) is 43.7 Å². The number of hydrogen-bond acceptors (Lipinski definition) is 1. The molecule has 0 unspecified atom stereocenters. The van der Waals surface area contributed by atoms with E-state index in [2.05, 4.69) is 4.85 Å². The smallest absolute Gasteiger partial charge is 0.216 e. The van der Waals surface area contributed by atoms with E-state index in [0.717, 1.165) is 22.4 Å². The van der Waals surface area contributed by atoms with Gasteiger partial charge in [0, 0.05) is 27.0 Å². The number of aryl methyl sites for hydroxylation is 4. The van der Waals surface area contributed by atoms with Crippen LogP contribution in [-0.4, -0.2) is 0 Å².